The molecule has 0 aromatic carbocycles. The number of piperidine rings is 2. The van der Waals surface area contributed by atoms with E-state index in [9.17, 15) is 10.2 Å². The Morgan fingerprint density at radius 3 is 2.96 bits per heavy atom. The Morgan fingerprint density at radius 2 is 2.13 bits per heavy atom. The van der Waals surface area contributed by atoms with Crippen LogP contribution in [0.5, 0.6) is 0 Å². The van der Waals surface area contributed by atoms with Gasteiger partial charge in [-0.2, -0.15) is 0 Å². The molecule has 11 atom stereocenters. The van der Waals surface area contributed by atoms with Crippen LogP contribution in [0.15, 0.2) is 12.2 Å². The van der Waals surface area contributed by atoms with E-state index in [1.165, 1.54) is 44.1 Å². The highest BCUT2D eigenvalue weighted by Gasteiger charge is 2.88. The molecule has 0 aromatic heterocycles. The molecule has 9 rings (SSSR count). The molecule has 6 aliphatic carbocycles. The third-order valence-corrected chi connectivity index (χ3v) is 10.3. The third-order valence-electron chi connectivity index (χ3n) is 10.3. The lowest BCUT2D eigenvalue weighted by molar-refractivity contribution is -0.180. The lowest BCUT2D eigenvalue weighted by Gasteiger charge is -2.64. The zero-order chi connectivity index (χ0) is 15.4. The van der Waals surface area contributed by atoms with Gasteiger partial charge in [0.05, 0.1) is 12.7 Å². The maximum Gasteiger partial charge on any atom is 0.0645 e. The number of nitrogens with zero attached hydrogens (tertiary/aromatic N) is 1. The summed E-state index contributed by atoms with van der Waals surface area (Å²) >= 11 is 0. The minimum atomic E-state index is -0.145. The summed E-state index contributed by atoms with van der Waals surface area (Å²) in [5.41, 5.74) is 2.22. The van der Waals surface area contributed by atoms with Gasteiger partial charge >= 0.3 is 0 Å². The van der Waals surface area contributed by atoms with Gasteiger partial charge in [-0.05, 0) is 60.7 Å². The molecule has 9 aliphatic rings. The van der Waals surface area contributed by atoms with Crippen molar-refractivity contribution >= 4 is 0 Å². The van der Waals surface area contributed by atoms with E-state index in [-0.39, 0.29) is 11.5 Å². The first kappa shape index (κ1) is 12.9. The van der Waals surface area contributed by atoms with E-state index in [0.29, 0.717) is 41.2 Å². The Labute approximate surface area is 137 Å². The monoisotopic (exact) mass is 313 g/mol. The van der Waals surface area contributed by atoms with Crippen LogP contribution >= 0.6 is 0 Å². The molecule has 0 aromatic rings. The SMILES string of the molecule is C=C1C[C@@]23CC4[C@H]5[C@@]6(CO)CCC[C@@]57C2C(O)[C@@H]1C[C@H]3[C@H]7N4C6. The summed E-state index contributed by atoms with van der Waals surface area (Å²) in [5.74, 6) is 2.35. The Balaban J connectivity index is 1.52. The van der Waals surface area contributed by atoms with Crippen LogP contribution in [0.4, 0.5) is 0 Å². The van der Waals surface area contributed by atoms with E-state index in [2.05, 4.69) is 11.5 Å². The molecule has 124 valence electrons. The third kappa shape index (κ3) is 0.950. The summed E-state index contributed by atoms with van der Waals surface area (Å²) < 4.78 is 0. The predicted molar refractivity (Wildman–Crippen MR) is 85.5 cm³/mol. The highest BCUT2D eigenvalue weighted by Crippen LogP contribution is 2.87. The number of rotatable bonds is 1. The van der Waals surface area contributed by atoms with Gasteiger partial charge in [-0.3, -0.25) is 4.90 Å². The summed E-state index contributed by atoms with van der Waals surface area (Å²) in [6.07, 6.45) is 7.34. The number of hydrogen-bond acceptors (Lipinski definition) is 3. The van der Waals surface area contributed by atoms with Gasteiger partial charge in [0, 0.05) is 30.0 Å². The fraction of sp³-hybridized carbons (Fsp3) is 0.900. The van der Waals surface area contributed by atoms with Crippen molar-refractivity contribution in [3.63, 3.8) is 0 Å². The van der Waals surface area contributed by atoms with Gasteiger partial charge in [-0.15, -0.1) is 0 Å². The molecule has 23 heavy (non-hydrogen) atoms. The molecule has 2 spiro atoms. The molecular formula is C20H27NO2. The van der Waals surface area contributed by atoms with E-state index < -0.39 is 0 Å². The maximum absolute atomic E-state index is 11.3. The second kappa shape index (κ2) is 3.32. The van der Waals surface area contributed by atoms with Gasteiger partial charge in [0.15, 0.2) is 0 Å². The standard InChI is InChI=1S/C20H27NO2/c1-10-6-19-7-13-15-18(9-22)3-2-4-20(15)16(19)14(23)11(10)5-12(19)17(20)21(13)8-18/h11-17,22-23H,1-9H2/t11-,12+,13?,14?,15+,16?,17-,18+,19+,20+/m1/s1. The van der Waals surface area contributed by atoms with E-state index in [1.807, 2.05) is 0 Å². The van der Waals surface area contributed by atoms with Crippen molar-refractivity contribution in [2.24, 2.45) is 39.9 Å². The molecule has 4 unspecified atom stereocenters. The molecule has 6 saturated carbocycles. The molecule has 9 bridgehead atoms. The molecule has 2 N–H and O–H groups in total. The topological polar surface area (TPSA) is 43.7 Å². The van der Waals surface area contributed by atoms with Crippen LogP contribution in [0.3, 0.4) is 0 Å². The second-order valence-corrected chi connectivity index (χ2v) is 10.3. The first-order valence-corrected chi connectivity index (χ1v) is 9.81. The lowest BCUT2D eigenvalue weighted by atomic mass is 9.40. The van der Waals surface area contributed by atoms with E-state index in [1.54, 1.807) is 0 Å². The molecule has 9 fully saturated rings. The van der Waals surface area contributed by atoms with E-state index >= 15 is 0 Å². The predicted octanol–water partition coefficient (Wildman–Crippen LogP) is 1.79. The lowest BCUT2D eigenvalue weighted by Crippen LogP contribution is -2.64. The second-order valence-electron chi connectivity index (χ2n) is 10.3. The summed E-state index contributed by atoms with van der Waals surface area (Å²) in [5, 5.41) is 21.7. The van der Waals surface area contributed by atoms with Crippen molar-refractivity contribution in [1.82, 2.24) is 4.90 Å². The van der Waals surface area contributed by atoms with Crippen molar-refractivity contribution in [3.05, 3.63) is 12.2 Å². The van der Waals surface area contributed by atoms with Gasteiger partial charge in [-0.25, -0.2) is 0 Å². The van der Waals surface area contributed by atoms with Gasteiger partial charge in [-0.1, -0.05) is 18.6 Å². The average Bonchev–Trinajstić information content (AvgIpc) is 2.98. The van der Waals surface area contributed by atoms with Crippen LogP contribution in [0.25, 0.3) is 0 Å². The number of fused-ring (bicyclic) bond motifs is 1. The van der Waals surface area contributed by atoms with Crippen LogP contribution in [-0.4, -0.2) is 46.5 Å². The van der Waals surface area contributed by atoms with Gasteiger partial charge in [0.2, 0.25) is 0 Å². The zero-order valence-corrected chi connectivity index (χ0v) is 13.7. The van der Waals surface area contributed by atoms with Crippen molar-refractivity contribution < 1.29 is 10.2 Å². The smallest absolute Gasteiger partial charge is 0.0645 e. The van der Waals surface area contributed by atoms with Crippen molar-refractivity contribution in [3.8, 4) is 0 Å². The van der Waals surface area contributed by atoms with Gasteiger partial charge in [0.25, 0.3) is 0 Å². The maximum atomic E-state index is 11.3. The molecule has 0 radical (unpaired) electrons. The summed E-state index contributed by atoms with van der Waals surface area (Å²) in [6, 6.07) is 1.43. The van der Waals surface area contributed by atoms with Gasteiger partial charge in [0.1, 0.15) is 0 Å². The van der Waals surface area contributed by atoms with Crippen LogP contribution in [0, 0.1) is 39.9 Å². The first-order chi connectivity index (χ1) is 11.1. The molecule has 3 heterocycles. The first-order valence-electron chi connectivity index (χ1n) is 9.81. The zero-order valence-electron chi connectivity index (χ0n) is 13.7. The van der Waals surface area contributed by atoms with Crippen LogP contribution in [0.1, 0.15) is 38.5 Å². The average molecular weight is 313 g/mol. The summed E-state index contributed by atoms with van der Waals surface area (Å²) in [7, 11) is 0. The van der Waals surface area contributed by atoms with E-state index in [4.69, 9.17) is 0 Å². The van der Waals surface area contributed by atoms with Crippen molar-refractivity contribution in [1.29, 1.82) is 0 Å². The highest BCUT2D eigenvalue weighted by molar-refractivity contribution is 5.41. The minimum absolute atomic E-state index is 0.145. The Hall–Kier alpha value is -0.380. The molecular weight excluding hydrogens is 286 g/mol. The molecule has 3 nitrogen and oxygen atoms in total. The summed E-state index contributed by atoms with van der Waals surface area (Å²) in [6.45, 7) is 5.89. The van der Waals surface area contributed by atoms with Gasteiger partial charge < -0.3 is 10.2 Å². The largest absolute Gasteiger partial charge is 0.396 e. The van der Waals surface area contributed by atoms with E-state index in [0.717, 1.165) is 18.5 Å². The fourth-order valence-corrected chi connectivity index (χ4v) is 10.5. The molecule has 3 aliphatic heterocycles. The molecule has 0 amide bonds. The highest BCUT2D eigenvalue weighted by atomic mass is 16.3. The quantitative estimate of drug-likeness (QED) is 0.726. The Kier molecular flexibility index (Phi) is 1.86. The van der Waals surface area contributed by atoms with Crippen molar-refractivity contribution in [2.75, 3.05) is 13.2 Å². The Morgan fingerprint density at radius 1 is 1.26 bits per heavy atom. The molecule has 3 heteroatoms. The van der Waals surface area contributed by atoms with Crippen LogP contribution in [-0.2, 0) is 0 Å². The van der Waals surface area contributed by atoms with Crippen LogP contribution < -0.4 is 0 Å². The van der Waals surface area contributed by atoms with Crippen LogP contribution in [0.2, 0.25) is 0 Å². The normalized spacial score (nSPS) is 72.3. The minimum Gasteiger partial charge on any atom is -0.396 e. The van der Waals surface area contributed by atoms with Crippen molar-refractivity contribution in [2.45, 2.75) is 56.7 Å². The fourth-order valence-electron chi connectivity index (χ4n) is 10.5. The number of aliphatic hydroxyl groups excluding tert-OH is 2. The number of aliphatic hydroxyl groups is 2. The molecule has 3 saturated heterocycles. The summed E-state index contributed by atoms with van der Waals surface area (Å²) in [4.78, 5) is 2.85. The Bertz CT molecular complexity index is 662. The number of hydrogen-bond donors (Lipinski definition) is 2.